The molecule has 0 aromatic heterocycles. The molecule has 0 radical (unpaired) electrons. The fraction of sp³-hybridized carbons (Fsp3) is 0.850. The van der Waals surface area contributed by atoms with Gasteiger partial charge in [0.2, 0.25) is 0 Å². The summed E-state index contributed by atoms with van der Waals surface area (Å²) in [5, 5.41) is 20.1. The molecular weight excluding hydrogens is 368 g/mol. The van der Waals surface area contributed by atoms with Crippen LogP contribution in [0.1, 0.15) is 34.6 Å². The molecule has 2 saturated heterocycles. The molecular formula is C20H32O8. The standard InChI is InChI=1S/C19H32O6.CO2/c1-7-8-22-18-13(5)17(16(21)15(9-20)24-18)25-19-12(4)10(2)11(3)14(6)23-19;2-1-3/h1,10-21H,8-9H2,2-6H3;/t10-,11-,12?,13?,14?,15?,16-,17+,18+,19-;/m0./s1. The van der Waals surface area contributed by atoms with Crippen LogP contribution in [-0.4, -0.2) is 66.6 Å². The Kier molecular flexibility index (Phi) is 10.3. The van der Waals surface area contributed by atoms with Gasteiger partial charge in [0, 0.05) is 11.8 Å². The van der Waals surface area contributed by atoms with Gasteiger partial charge in [-0.1, -0.05) is 33.6 Å². The molecule has 160 valence electrons. The second-order valence-electron chi connectivity index (χ2n) is 7.56. The summed E-state index contributed by atoms with van der Waals surface area (Å²) in [7, 11) is 0. The van der Waals surface area contributed by atoms with Crippen LogP contribution in [-0.2, 0) is 28.5 Å². The summed E-state index contributed by atoms with van der Waals surface area (Å²) in [5.74, 6) is 3.20. The maximum absolute atomic E-state index is 10.6. The van der Waals surface area contributed by atoms with E-state index in [1.54, 1.807) is 0 Å². The van der Waals surface area contributed by atoms with Gasteiger partial charge in [-0.2, -0.15) is 9.59 Å². The number of rotatable bonds is 5. The predicted octanol–water partition coefficient (Wildman–Crippen LogP) is 0.805. The van der Waals surface area contributed by atoms with Crippen molar-refractivity contribution in [2.45, 2.75) is 71.6 Å². The molecule has 2 aliphatic heterocycles. The summed E-state index contributed by atoms with van der Waals surface area (Å²) in [6.07, 6.45) is 2.19. The highest BCUT2D eigenvalue weighted by atomic mass is 16.7. The zero-order valence-corrected chi connectivity index (χ0v) is 17.1. The van der Waals surface area contributed by atoms with Crippen molar-refractivity contribution in [1.29, 1.82) is 0 Å². The van der Waals surface area contributed by atoms with Crippen LogP contribution in [0.3, 0.4) is 0 Å². The minimum Gasteiger partial charge on any atom is -0.394 e. The second-order valence-corrected chi connectivity index (χ2v) is 7.56. The lowest BCUT2D eigenvalue weighted by Crippen LogP contribution is -2.58. The highest BCUT2D eigenvalue weighted by molar-refractivity contribution is 5.20. The van der Waals surface area contributed by atoms with Crippen LogP contribution in [0.2, 0.25) is 0 Å². The fourth-order valence-corrected chi connectivity index (χ4v) is 3.66. The Bertz CT molecular complexity index is 541. The van der Waals surface area contributed by atoms with Crippen molar-refractivity contribution in [3.8, 4) is 12.3 Å². The van der Waals surface area contributed by atoms with E-state index < -0.39 is 30.9 Å². The third-order valence-corrected chi connectivity index (χ3v) is 5.95. The summed E-state index contributed by atoms with van der Waals surface area (Å²) in [5.41, 5.74) is 0. The van der Waals surface area contributed by atoms with E-state index in [0.717, 1.165) is 0 Å². The minimum atomic E-state index is -0.966. The van der Waals surface area contributed by atoms with E-state index in [1.165, 1.54) is 0 Å². The van der Waals surface area contributed by atoms with Crippen molar-refractivity contribution in [2.24, 2.45) is 23.7 Å². The Morgan fingerprint density at radius 2 is 1.57 bits per heavy atom. The van der Waals surface area contributed by atoms with Gasteiger partial charge in [0.05, 0.1) is 18.8 Å². The van der Waals surface area contributed by atoms with Crippen molar-refractivity contribution >= 4 is 6.15 Å². The molecule has 28 heavy (non-hydrogen) atoms. The monoisotopic (exact) mass is 400 g/mol. The molecule has 2 rings (SSSR count). The van der Waals surface area contributed by atoms with Crippen LogP contribution in [0.5, 0.6) is 0 Å². The molecule has 4 unspecified atom stereocenters. The van der Waals surface area contributed by atoms with Crippen LogP contribution in [0.4, 0.5) is 0 Å². The van der Waals surface area contributed by atoms with E-state index >= 15 is 0 Å². The van der Waals surface area contributed by atoms with Gasteiger partial charge < -0.3 is 29.2 Å². The molecule has 0 aromatic carbocycles. The largest absolute Gasteiger partial charge is 0.394 e. The summed E-state index contributed by atoms with van der Waals surface area (Å²) >= 11 is 0. The van der Waals surface area contributed by atoms with Gasteiger partial charge in [-0.05, 0) is 18.8 Å². The topological polar surface area (TPSA) is 112 Å². The van der Waals surface area contributed by atoms with Gasteiger partial charge in [-0.15, -0.1) is 6.42 Å². The van der Waals surface area contributed by atoms with Crippen LogP contribution in [0, 0.1) is 36.0 Å². The summed E-state index contributed by atoms with van der Waals surface area (Å²) in [6, 6.07) is 0. The number of aliphatic hydroxyl groups is 2. The van der Waals surface area contributed by atoms with Crippen LogP contribution >= 0.6 is 0 Å². The van der Waals surface area contributed by atoms with Crippen LogP contribution in [0.25, 0.3) is 0 Å². The zero-order valence-electron chi connectivity index (χ0n) is 17.1. The second kappa shape index (κ2) is 11.6. The predicted molar refractivity (Wildman–Crippen MR) is 97.4 cm³/mol. The summed E-state index contributed by atoms with van der Waals surface area (Å²) in [4.78, 5) is 16.2. The van der Waals surface area contributed by atoms with E-state index in [0.29, 0.717) is 11.8 Å². The number of hydrogen-bond acceptors (Lipinski definition) is 8. The molecule has 10 atom stereocenters. The van der Waals surface area contributed by atoms with E-state index in [-0.39, 0.29) is 37.3 Å². The number of carbonyl (C=O) groups excluding carboxylic acids is 2. The maximum Gasteiger partial charge on any atom is 0.373 e. The average molecular weight is 400 g/mol. The molecule has 0 spiro atoms. The molecule has 2 N–H and O–H groups in total. The Balaban J connectivity index is 0.00000122. The number of terminal acetylenes is 1. The molecule has 2 fully saturated rings. The first-order valence-corrected chi connectivity index (χ1v) is 9.53. The molecule has 8 heteroatoms. The van der Waals surface area contributed by atoms with E-state index in [4.69, 9.17) is 35.0 Å². The lowest BCUT2D eigenvalue weighted by molar-refractivity contribution is -0.330. The Morgan fingerprint density at radius 3 is 2.11 bits per heavy atom. The smallest absolute Gasteiger partial charge is 0.373 e. The Morgan fingerprint density at radius 1 is 0.964 bits per heavy atom. The first-order chi connectivity index (χ1) is 13.2. The van der Waals surface area contributed by atoms with Crippen LogP contribution in [0.15, 0.2) is 0 Å². The molecule has 0 bridgehead atoms. The third-order valence-electron chi connectivity index (χ3n) is 5.95. The van der Waals surface area contributed by atoms with Gasteiger partial charge in [0.15, 0.2) is 12.6 Å². The van der Waals surface area contributed by atoms with Crippen molar-refractivity contribution < 1.29 is 38.7 Å². The van der Waals surface area contributed by atoms with Crippen molar-refractivity contribution in [2.75, 3.05) is 13.2 Å². The third kappa shape index (κ3) is 5.85. The normalized spacial score (nSPS) is 43.2. The quantitative estimate of drug-likeness (QED) is 0.652. The van der Waals surface area contributed by atoms with Gasteiger partial charge in [-0.3, -0.25) is 0 Å². The molecule has 0 amide bonds. The van der Waals surface area contributed by atoms with Crippen molar-refractivity contribution in [3.63, 3.8) is 0 Å². The Hall–Kier alpha value is -1.30. The number of hydrogen-bond donors (Lipinski definition) is 2. The fourth-order valence-electron chi connectivity index (χ4n) is 3.66. The van der Waals surface area contributed by atoms with E-state index in [2.05, 4.69) is 26.7 Å². The number of ether oxygens (including phenoxy) is 4. The SMILES string of the molecule is C#CCO[C@@H]1OC(CO)[C@H](O)[C@H](O[C@@H]2OC(C)[C@@H](C)[C@H](C)C2C)C1C.O=C=O. The molecule has 0 aromatic rings. The van der Waals surface area contributed by atoms with Crippen molar-refractivity contribution in [1.82, 2.24) is 0 Å². The first kappa shape index (κ1) is 24.7. The minimum absolute atomic E-state index is 0.0746. The number of aliphatic hydroxyl groups excluding tert-OH is 2. The highest BCUT2D eigenvalue weighted by Gasteiger charge is 2.47. The molecule has 0 aliphatic carbocycles. The van der Waals surface area contributed by atoms with Crippen molar-refractivity contribution in [3.05, 3.63) is 0 Å². The van der Waals surface area contributed by atoms with Crippen LogP contribution < -0.4 is 0 Å². The van der Waals surface area contributed by atoms with Gasteiger partial charge in [0.25, 0.3) is 0 Å². The highest BCUT2D eigenvalue weighted by Crippen LogP contribution is 2.38. The lowest BCUT2D eigenvalue weighted by Gasteiger charge is -2.47. The Labute approximate surface area is 166 Å². The average Bonchev–Trinajstić information content (AvgIpc) is 2.67. The zero-order chi connectivity index (χ0) is 21.4. The molecule has 8 nitrogen and oxygen atoms in total. The van der Waals surface area contributed by atoms with Gasteiger partial charge in [-0.25, -0.2) is 0 Å². The summed E-state index contributed by atoms with van der Waals surface area (Å²) < 4.78 is 23.4. The molecule has 2 heterocycles. The molecule has 0 saturated carbocycles. The first-order valence-electron chi connectivity index (χ1n) is 9.53. The van der Waals surface area contributed by atoms with E-state index in [9.17, 15) is 10.2 Å². The summed E-state index contributed by atoms with van der Waals surface area (Å²) in [6.45, 7) is 10.2. The maximum atomic E-state index is 10.6. The van der Waals surface area contributed by atoms with E-state index in [1.807, 2.05) is 13.8 Å². The molecule has 2 aliphatic rings. The lowest BCUT2D eigenvalue weighted by atomic mass is 9.79. The van der Waals surface area contributed by atoms with Gasteiger partial charge in [0.1, 0.15) is 18.8 Å². The van der Waals surface area contributed by atoms with Gasteiger partial charge >= 0.3 is 6.15 Å².